The molecule has 0 fully saturated rings. The summed E-state index contributed by atoms with van der Waals surface area (Å²) in [7, 11) is -3.88. The second-order valence-corrected chi connectivity index (χ2v) is 6.67. The molecule has 6 nitrogen and oxygen atoms in total. The van der Waals surface area contributed by atoms with Gasteiger partial charge in [-0.1, -0.05) is 49.1 Å². The smallest absolute Gasteiger partial charge is 0.330 e. The fourth-order valence-corrected chi connectivity index (χ4v) is 3.34. The number of rotatable bonds is 5. The fourth-order valence-electron chi connectivity index (χ4n) is 2.28. The van der Waals surface area contributed by atoms with Gasteiger partial charge in [0.05, 0.1) is 6.20 Å². The highest BCUT2D eigenvalue weighted by atomic mass is 32.2. The Labute approximate surface area is 140 Å². The molecule has 0 atom stereocenters. The Hall–Kier alpha value is -2.93. The Morgan fingerprint density at radius 1 is 1.21 bits per heavy atom. The quantitative estimate of drug-likeness (QED) is 0.874. The van der Waals surface area contributed by atoms with Crippen LogP contribution < -0.4 is 13.8 Å². The fraction of sp³-hybridized carbons (Fsp3) is 0.0588. The Morgan fingerprint density at radius 2 is 1.96 bits per heavy atom. The number of nitrogens with zero attached hydrogens (tertiary/aromatic N) is 1. The van der Waals surface area contributed by atoms with E-state index in [9.17, 15) is 13.5 Å². The van der Waals surface area contributed by atoms with Crippen molar-refractivity contribution in [2.45, 2.75) is 6.61 Å². The van der Waals surface area contributed by atoms with E-state index in [-0.39, 0.29) is 6.61 Å². The molecule has 0 spiro atoms. The molecule has 7 heteroatoms. The first-order valence-electron chi connectivity index (χ1n) is 7.16. The van der Waals surface area contributed by atoms with Crippen molar-refractivity contribution in [3.8, 4) is 5.75 Å². The van der Waals surface area contributed by atoms with E-state index < -0.39 is 16.1 Å². The lowest BCUT2D eigenvalue weighted by atomic mass is 10.2. The summed E-state index contributed by atoms with van der Waals surface area (Å²) in [6.45, 7) is 3.99. The Balaban J connectivity index is 1.96. The molecule has 2 N–H and O–H groups in total. The molecule has 1 aliphatic heterocycles. The summed E-state index contributed by atoms with van der Waals surface area (Å²) in [6.07, 6.45) is 2.73. The second kappa shape index (κ2) is 6.29. The molecule has 2 aromatic rings. The highest BCUT2D eigenvalue weighted by Crippen LogP contribution is 2.34. The van der Waals surface area contributed by atoms with Gasteiger partial charge >= 0.3 is 10.2 Å². The molecular formula is C17H16N2O4S. The molecule has 24 heavy (non-hydrogen) atoms. The molecule has 124 valence electrons. The third-order valence-corrected chi connectivity index (χ3v) is 4.71. The van der Waals surface area contributed by atoms with Crippen molar-refractivity contribution in [3.63, 3.8) is 0 Å². The van der Waals surface area contributed by atoms with Gasteiger partial charge in [0, 0.05) is 0 Å². The van der Waals surface area contributed by atoms with Gasteiger partial charge in [0.15, 0.2) is 0 Å². The summed E-state index contributed by atoms with van der Waals surface area (Å²) < 4.78 is 32.9. The number of aliphatic hydroxyl groups is 1. The standard InChI is InChI=1S/C17H16N2O4S/c1-2-13-8-9-15(19-11-17(20)18-24(19,21)22)16(10-13)23-12-14-6-4-3-5-7-14/h2-11,18,20H,1,12H2. The van der Waals surface area contributed by atoms with Crippen LogP contribution >= 0.6 is 0 Å². The van der Waals surface area contributed by atoms with E-state index in [1.54, 1.807) is 24.3 Å². The number of anilines is 1. The summed E-state index contributed by atoms with van der Waals surface area (Å²) in [5.41, 5.74) is 2.04. The van der Waals surface area contributed by atoms with Crippen LogP contribution in [-0.4, -0.2) is 13.5 Å². The van der Waals surface area contributed by atoms with E-state index in [1.807, 2.05) is 35.1 Å². The molecule has 0 aliphatic carbocycles. The van der Waals surface area contributed by atoms with E-state index in [0.717, 1.165) is 21.6 Å². The molecule has 0 unspecified atom stereocenters. The van der Waals surface area contributed by atoms with Gasteiger partial charge < -0.3 is 9.84 Å². The van der Waals surface area contributed by atoms with Crippen molar-refractivity contribution in [2.24, 2.45) is 0 Å². The van der Waals surface area contributed by atoms with Gasteiger partial charge in [-0.05, 0) is 23.3 Å². The molecule has 0 amide bonds. The number of hydrogen-bond acceptors (Lipinski definition) is 4. The van der Waals surface area contributed by atoms with Gasteiger partial charge in [0.1, 0.15) is 18.0 Å². The third-order valence-electron chi connectivity index (χ3n) is 3.43. The zero-order valence-electron chi connectivity index (χ0n) is 12.7. The van der Waals surface area contributed by atoms with Crippen LogP contribution in [0.5, 0.6) is 5.75 Å². The average molecular weight is 344 g/mol. The number of nitrogens with one attached hydrogen (secondary N) is 1. The molecule has 1 heterocycles. The van der Waals surface area contributed by atoms with Gasteiger partial charge in [-0.3, -0.25) is 0 Å². The molecule has 0 aromatic heterocycles. The molecular weight excluding hydrogens is 328 g/mol. The summed E-state index contributed by atoms with van der Waals surface area (Å²) in [5, 5.41) is 9.47. The van der Waals surface area contributed by atoms with Crippen LogP contribution in [0.1, 0.15) is 11.1 Å². The maximum atomic E-state index is 12.1. The topological polar surface area (TPSA) is 78.9 Å². The molecule has 2 aromatic carbocycles. The van der Waals surface area contributed by atoms with Crippen molar-refractivity contribution in [2.75, 3.05) is 4.31 Å². The molecule has 0 radical (unpaired) electrons. The lowest BCUT2D eigenvalue weighted by molar-refractivity contribution is 0.307. The maximum Gasteiger partial charge on any atom is 0.330 e. The first kappa shape index (κ1) is 15.9. The summed E-state index contributed by atoms with van der Waals surface area (Å²) in [5.74, 6) is -0.0793. The summed E-state index contributed by atoms with van der Waals surface area (Å²) in [6, 6.07) is 14.5. The van der Waals surface area contributed by atoms with Gasteiger partial charge in [-0.25, -0.2) is 9.03 Å². The normalized spacial score (nSPS) is 15.5. The van der Waals surface area contributed by atoms with Crippen molar-refractivity contribution < 1.29 is 18.3 Å². The number of ether oxygens (including phenoxy) is 1. The zero-order valence-corrected chi connectivity index (χ0v) is 13.5. The van der Waals surface area contributed by atoms with Gasteiger partial charge in [-0.15, -0.1) is 0 Å². The summed E-state index contributed by atoms with van der Waals surface area (Å²) >= 11 is 0. The van der Waals surface area contributed by atoms with Crippen LogP contribution in [0.15, 0.2) is 67.2 Å². The van der Waals surface area contributed by atoms with E-state index in [4.69, 9.17) is 4.74 Å². The number of benzene rings is 2. The van der Waals surface area contributed by atoms with Crippen LogP contribution in [0, 0.1) is 0 Å². The molecule has 0 bridgehead atoms. The van der Waals surface area contributed by atoms with Crippen molar-refractivity contribution >= 4 is 22.0 Å². The van der Waals surface area contributed by atoms with Crippen LogP contribution in [0.25, 0.3) is 6.08 Å². The van der Waals surface area contributed by atoms with Crippen LogP contribution in [0.4, 0.5) is 5.69 Å². The van der Waals surface area contributed by atoms with Crippen molar-refractivity contribution in [3.05, 3.63) is 78.3 Å². The Kier molecular flexibility index (Phi) is 4.18. The predicted octanol–water partition coefficient (Wildman–Crippen LogP) is 2.92. The van der Waals surface area contributed by atoms with E-state index in [1.165, 1.54) is 0 Å². The lowest BCUT2D eigenvalue weighted by Gasteiger charge is -2.19. The molecule has 0 saturated heterocycles. The third kappa shape index (κ3) is 3.21. The van der Waals surface area contributed by atoms with Gasteiger partial charge in [-0.2, -0.15) is 8.42 Å². The largest absolute Gasteiger partial charge is 0.493 e. The average Bonchev–Trinajstić information content (AvgIpc) is 2.85. The Morgan fingerprint density at radius 3 is 2.58 bits per heavy atom. The van der Waals surface area contributed by atoms with Crippen molar-refractivity contribution in [1.82, 2.24) is 4.72 Å². The monoisotopic (exact) mass is 344 g/mol. The van der Waals surface area contributed by atoms with E-state index >= 15 is 0 Å². The lowest BCUT2D eigenvalue weighted by Crippen LogP contribution is -2.29. The highest BCUT2D eigenvalue weighted by Gasteiger charge is 2.30. The van der Waals surface area contributed by atoms with Gasteiger partial charge in [0.2, 0.25) is 5.88 Å². The zero-order chi connectivity index (χ0) is 17.2. The van der Waals surface area contributed by atoms with Crippen LogP contribution in [0.3, 0.4) is 0 Å². The SMILES string of the molecule is C=Cc1ccc(N2C=C(O)NS2(=O)=O)c(OCc2ccccc2)c1. The first-order chi connectivity index (χ1) is 11.5. The predicted molar refractivity (Wildman–Crippen MR) is 92.6 cm³/mol. The molecule has 0 saturated carbocycles. The van der Waals surface area contributed by atoms with E-state index in [0.29, 0.717) is 11.4 Å². The first-order valence-corrected chi connectivity index (χ1v) is 8.60. The highest BCUT2D eigenvalue weighted by molar-refractivity contribution is 7.91. The summed E-state index contributed by atoms with van der Waals surface area (Å²) in [4.78, 5) is 0. The van der Waals surface area contributed by atoms with Crippen LogP contribution in [-0.2, 0) is 16.8 Å². The molecule has 3 rings (SSSR count). The maximum absolute atomic E-state index is 12.1. The number of hydrogen-bond donors (Lipinski definition) is 2. The Bertz CT molecular complexity index is 892. The minimum Gasteiger partial charge on any atom is -0.493 e. The van der Waals surface area contributed by atoms with Crippen LogP contribution in [0.2, 0.25) is 0 Å². The van der Waals surface area contributed by atoms with Crippen molar-refractivity contribution in [1.29, 1.82) is 0 Å². The second-order valence-electron chi connectivity index (χ2n) is 5.12. The van der Waals surface area contributed by atoms with Gasteiger partial charge in [0.25, 0.3) is 0 Å². The number of aliphatic hydroxyl groups excluding tert-OH is 1. The minimum absolute atomic E-state index is 0.283. The molecule has 1 aliphatic rings. The minimum atomic E-state index is -3.88. The van der Waals surface area contributed by atoms with E-state index in [2.05, 4.69) is 6.58 Å².